The SMILES string of the molecule is CC(C)N(C)CCCNS(=O)(=O)c1ccnc(NN)c1. The number of hydrogen-bond acceptors (Lipinski definition) is 6. The second-order valence-electron chi connectivity index (χ2n) is 4.85. The second-order valence-corrected chi connectivity index (χ2v) is 6.61. The lowest BCUT2D eigenvalue weighted by Gasteiger charge is -2.20. The summed E-state index contributed by atoms with van der Waals surface area (Å²) in [4.78, 5) is 6.19. The minimum absolute atomic E-state index is 0.151. The van der Waals surface area contributed by atoms with Crippen LogP contribution >= 0.6 is 0 Å². The van der Waals surface area contributed by atoms with Crippen LogP contribution in [0.5, 0.6) is 0 Å². The highest BCUT2D eigenvalue weighted by Crippen LogP contribution is 2.11. The molecule has 8 heteroatoms. The minimum atomic E-state index is -3.52. The molecule has 0 amide bonds. The monoisotopic (exact) mass is 301 g/mol. The van der Waals surface area contributed by atoms with Crippen molar-refractivity contribution in [2.45, 2.75) is 31.2 Å². The third kappa shape index (κ3) is 5.04. The maximum atomic E-state index is 12.1. The summed E-state index contributed by atoms with van der Waals surface area (Å²) in [5.74, 6) is 5.52. The maximum Gasteiger partial charge on any atom is 0.240 e. The van der Waals surface area contributed by atoms with Crippen LogP contribution in [0.2, 0.25) is 0 Å². The Morgan fingerprint density at radius 3 is 2.75 bits per heavy atom. The number of sulfonamides is 1. The topological polar surface area (TPSA) is 100 Å². The molecule has 0 aliphatic carbocycles. The van der Waals surface area contributed by atoms with Crippen molar-refractivity contribution in [2.24, 2.45) is 5.84 Å². The molecule has 20 heavy (non-hydrogen) atoms. The molecule has 0 atom stereocenters. The second kappa shape index (κ2) is 7.53. The summed E-state index contributed by atoms with van der Waals surface area (Å²) < 4.78 is 26.7. The standard InChI is InChI=1S/C12H23N5O2S/c1-10(2)17(3)8-4-6-15-20(18,19)11-5-7-14-12(9-11)16-13/h5,7,9-10,15H,4,6,8,13H2,1-3H3,(H,14,16). The van der Waals surface area contributed by atoms with Crippen LogP contribution in [0.15, 0.2) is 23.2 Å². The molecule has 0 aliphatic rings. The summed E-state index contributed by atoms with van der Waals surface area (Å²) in [6, 6.07) is 3.27. The number of nitrogens with one attached hydrogen (secondary N) is 2. The van der Waals surface area contributed by atoms with E-state index in [1.807, 2.05) is 7.05 Å². The highest BCUT2D eigenvalue weighted by atomic mass is 32.2. The molecular weight excluding hydrogens is 278 g/mol. The lowest BCUT2D eigenvalue weighted by Crippen LogP contribution is -2.31. The van der Waals surface area contributed by atoms with Gasteiger partial charge >= 0.3 is 0 Å². The number of pyridine rings is 1. The first-order chi connectivity index (χ1) is 9.36. The first-order valence-electron chi connectivity index (χ1n) is 6.49. The largest absolute Gasteiger partial charge is 0.308 e. The van der Waals surface area contributed by atoms with E-state index < -0.39 is 10.0 Å². The van der Waals surface area contributed by atoms with Crippen molar-refractivity contribution in [1.82, 2.24) is 14.6 Å². The number of nitrogens with two attached hydrogens (primary N) is 1. The Morgan fingerprint density at radius 1 is 1.45 bits per heavy atom. The lowest BCUT2D eigenvalue weighted by atomic mass is 10.3. The van der Waals surface area contributed by atoms with E-state index in [-0.39, 0.29) is 4.90 Å². The van der Waals surface area contributed by atoms with E-state index in [0.29, 0.717) is 18.4 Å². The van der Waals surface area contributed by atoms with Gasteiger partial charge in [-0.3, -0.25) is 0 Å². The van der Waals surface area contributed by atoms with Gasteiger partial charge in [0.15, 0.2) is 0 Å². The molecule has 0 bridgehead atoms. The summed E-state index contributed by atoms with van der Waals surface area (Å²) in [5.41, 5.74) is 2.32. The Morgan fingerprint density at radius 2 is 2.15 bits per heavy atom. The third-order valence-electron chi connectivity index (χ3n) is 3.05. The summed E-state index contributed by atoms with van der Waals surface area (Å²) in [7, 11) is -1.50. The molecule has 0 saturated carbocycles. The van der Waals surface area contributed by atoms with Gasteiger partial charge in [0.05, 0.1) is 4.90 Å². The average molecular weight is 301 g/mol. The molecule has 0 unspecified atom stereocenters. The Kier molecular flexibility index (Phi) is 6.34. The van der Waals surface area contributed by atoms with E-state index in [4.69, 9.17) is 5.84 Å². The predicted molar refractivity (Wildman–Crippen MR) is 79.6 cm³/mol. The van der Waals surface area contributed by atoms with Crippen LogP contribution in [-0.4, -0.2) is 44.5 Å². The molecule has 1 aromatic heterocycles. The normalized spacial score (nSPS) is 12.1. The zero-order valence-electron chi connectivity index (χ0n) is 12.1. The molecule has 0 radical (unpaired) electrons. The fourth-order valence-electron chi connectivity index (χ4n) is 1.53. The highest BCUT2D eigenvalue weighted by Gasteiger charge is 2.14. The van der Waals surface area contributed by atoms with Gasteiger partial charge in [-0.1, -0.05) is 0 Å². The zero-order chi connectivity index (χ0) is 15.2. The molecular formula is C12H23N5O2S. The molecule has 4 N–H and O–H groups in total. The quantitative estimate of drug-likeness (QED) is 0.364. The smallest absolute Gasteiger partial charge is 0.240 e. The number of rotatable bonds is 8. The predicted octanol–water partition coefficient (Wildman–Crippen LogP) is 0.376. The summed E-state index contributed by atoms with van der Waals surface area (Å²) in [5, 5.41) is 0. The first kappa shape index (κ1) is 16.8. The van der Waals surface area contributed by atoms with E-state index in [1.165, 1.54) is 18.3 Å². The van der Waals surface area contributed by atoms with Gasteiger partial charge in [0.2, 0.25) is 10.0 Å². The fourth-order valence-corrected chi connectivity index (χ4v) is 2.62. The van der Waals surface area contributed by atoms with Crippen molar-refractivity contribution in [3.63, 3.8) is 0 Å². The van der Waals surface area contributed by atoms with E-state index in [9.17, 15) is 8.42 Å². The van der Waals surface area contributed by atoms with Crippen LogP contribution in [0.4, 0.5) is 5.82 Å². The highest BCUT2D eigenvalue weighted by molar-refractivity contribution is 7.89. The van der Waals surface area contributed by atoms with Gasteiger partial charge in [-0.15, -0.1) is 0 Å². The maximum absolute atomic E-state index is 12.1. The molecule has 7 nitrogen and oxygen atoms in total. The number of nitrogens with zero attached hydrogens (tertiary/aromatic N) is 2. The van der Waals surface area contributed by atoms with Gasteiger partial charge in [-0.05, 0) is 39.9 Å². The van der Waals surface area contributed by atoms with E-state index in [0.717, 1.165) is 13.0 Å². The number of aromatic nitrogens is 1. The van der Waals surface area contributed by atoms with Crippen molar-refractivity contribution >= 4 is 15.8 Å². The van der Waals surface area contributed by atoms with Crippen LogP contribution in [0.1, 0.15) is 20.3 Å². The van der Waals surface area contributed by atoms with Gasteiger partial charge in [-0.25, -0.2) is 24.0 Å². The fraction of sp³-hybridized carbons (Fsp3) is 0.583. The molecule has 0 fully saturated rings. The van der Waals surface area contributed by atoms with Crippen LogP contribution in [0.3, 0.4) is 0 Å². The molecule has 1 heterocycles. The number of hydrazine groups is 1. The minimum Gasteiger partial charge on any atom is -0.308 e. The van der Waals surface area contributed by atoms with E-state index >= 15 is 0 Å². The van der Waals surface area contributed by atoms with E-state index in [2.05, 4.69) is 33.9 Å². The summed E-state index contributed by atoms with van der Waals surface area (Å²) in [6.45, 7) is 5.43. The van der Waals surface area contributed by atoms with Crippen LogP contribution in [-0.2, 0) is 10.0 Å². The molecule has 0 saturated heterocycles. The van der Waals surface area contributed by atoms with Crippen molar-refractivity contribution in [3.8, 4) is 0 Å². The van der Waals surface area contributed by atoms with Gasteiger partial charge in [0.25, 0.3) is 0 Å². The Bertz CT molecular complexity index is 518. The lowest BCUT2D eigenvalue weighted by molar-refractivity contribution is 0.271. The third-order valence-corrected chi connectivity index (χ3v) is 4.51. The number of hydrogen-bond donors (Lipinski definition) is 3. The van der Waals surface area contributed by atoms with Gasteiger partial charge < -0.3 is 10.3 Å². The molecule has 114 valence electrons. The van der Waals surface area contributed by atoms with E-state index in [1.54, 1.807) is 0 Å². The number of nitrogen functional groups attached to an aromatic ring is 1. The van der Waals surface area contributed by atoms with Crippen molar-refractivity contribution in [3.05, 3.63) is 18.3 Å². The number of anilines is 1. The first-order valence-corrected chi connectivity index (χ1v) is 7.97. The van der Waals surface area contributed by atoms with Crippen molar-refractivity contribution in [2.75, 3.05) is 25.6 Å². The van der Waals surface area contributed by atoms with Gasteiger partial charge in [0, 0.05) is 24.8 Å². The van der Waals surface area contributed by atoms with Crippen LogP contribution < -0.4 is 16.0 Å². The van der Waals surface area contributed by atoms with Crippen molar-refractivity contribution < 1.29 is 8.42 Å². The summed E-state index contributed by atoms with van der Waals surface area (Å²) >= 11 is 0. The van der Waals surface area contributed by atoms with Crippen LogP contribution in [0, 0.1) is 0 Å². The van der Waals surface area contributed by atoms with Gasteiger partial charge in [0.1, 0.15) is 5.82 Å². The van der Waals surface area contributed by atoms with Crippen LogP contribution in [0.25, 0.3) is 0 Å². The molecule has 0 spiro atoms. The molecule has 0 aromatic carbocycles. The zero-order valence-corrected chi connectivity index (χ0v) is 12.9. The van der Waals surface area contributed by atoms with Gasteiger partial charge in [-0.2, -0.15) is 0 Å². The van der Waals surface area contributed by atoms with Crippen molar-refractivity contribution in [1.29, 1.82) is 0 Å². The molecule has 1 aromatic rings. The average Bonchev–Trinajstić information content (AvgIpc) is 2.43. The molecule has 1 rings (SSSR count). The molecule has 0 aliphatic heterocycles. The Labute approximate surface area is 120 Å². The summed E-state index contributed by atoms with van der Waals surface area (Å²) in [6.07, 6.45) is 2.15. The Hall–Kier alpha value is -1.22. The Balaban J connectivity index is 2.53.